The molecule has 0 saturated heterocycles. The number of aromatic nitrogens is 1. The Bertz CT molecular complexity index is 937. The first-order valence-electron chi connectivity index (χ1n) is 7.49. The minimum absolute atomic E-state index is 0.109. The van der Waals surface area contributed by atoms with Crippen molar-refractivity contribution in [2.75, 3.05) is 5.32 Å². The molecule has 134 valence electrons. The summed E-state index contributed by atoms with van der Waals surface area (Å²) in [6.45, 7) is 0. The van der Waals surface area contributed by atoms with Gasteiger partial charge in [-0.3, -0.25) is 10.1 Å². The van der Waals surface area contributed by atoms with Gasteiger partial charge in [0.15, 0.2) is 5.13 Å². The third-order valence-corrected chi connectivity index (χ3v) is 4.44. The largest absolute Gasteiger partial charge is 0.416 e. The Morgan fingerprint density at radius 2 is 1.88 bits per heavy atom. The molecule has 3 rings (SSSR count). The average Bonchev–Trinajstić information content (AvgIpc) is 3.01. The summed E-state index contributed by atoms with van der Waals surface area (Å²) >= 11 is 1.12. The lowest BCUT2D eigenvalue weighted by Gasteiger charge is -2.07. The number of amides is 1. The van der Waals surface area contributed by atoms with Gasteiger partial charge in [-0.15, -0.1) is 11.3 Å². The van der Waals surface area contributed by atoms with Gasteiger partial charge in [0.25, 0.3) is 5.91 Å². The van der Waals surface area contributed by atoms with Gasteiger partial charge < -0.3 is 0 Å². The summed E-state index contributed by atoms with van der Waals surface area (Å²) in [6.07, 6.45) is -2.68. The molecule has 1 aromatic heterocycles. The molecular formula is C18H12F4N2OS. The number of carbonyl (C=O) groups excluding carboxylic acids is 1. The van der Waals surface area contributed by atoms with Gasteiger partial charge >= 0.3 is 6.18 Å². The summed E-state index contributed by atoms with van der Waals surface area (Å²) in [4.78, 5) is 16.7. The maximum absolute atomic E-state index is 13.6. The van der Waals surface area contributed by atoms with Gasteiger partial charge in [0.05, 0.1) is 11.1 Å². The van der Waals surface area contributed by atoms with Crippen molar-refractivity contribution in [3.63, 3.8) is 0 Å². The van der Waals surface area contributed by atoms with Crippen LogP contribution in [0, 0.1) is 5.82 Å². The Labute approximate surface area is 150 Å². The SMILES string of the molecule is O=C(Nc1ncc(Cc2cccc(C(F)(F)F)c2)s1)c1ccccc1F. The second kappa shape index (κ2) is 7.25. The highest BCUT2D eigenvalue weighted by atomic mass is 32.1. The molecule has 0 radical (unpaired) electrons. The van der Waals surface area contributed by atoms with E-state index in [9.17, 15) is 22.4 Å². The lowest BCUT2D eigenvalue weighted by Crippen LogP contribution is -2.13. The lowest BCUT2D eigenvalue weighted by molar-refractivity contribution is -0.137. The van der Waals surface area contributed by atoms with E-state index in [1.54, 1.807) is 12.1 Å². The van der Waals surface area contributed by atoms with Crippen molar-refractivity contribution in [3.05, 3.63) is 82.1 Å². The molecule has 1 N–H and O–H groups in total. The fourth-order valence-electron chi connectivity index (χ4n) is 2.32. The summed E-state index contributed by atoms with van der Waals surface area (Å²) in [6, 6.07) is 10.6. The quantitative estimate of drug-likeness (QED) is 0.637. The normalized spacial score (nSPS) is 11.4. The maximum Gasteiger partial charge on any atom is 0.416 e. The highest BCUT2D eigenvalue weighted by Gasteiger charge is 2.30. The smallest absolute Gasteiger partial charge is 0.298 e. The Balaban J connectivity index is 1.71. The van der Waals surface area contributed by atoms with E-state index < -0.39 is 23.5 Å². The minimum atomic E-state index is -4.40. The van der Waals surface area contributed by atoms with Gasteiger partial charge in [0.1, 0.15) is 5.82 Å². The van der Waals surface area contributed by atoms with E-state index in [0.717, 1.165) is 23.5 Å². The summed E-state index contributed by atoms with van der Waals surface area (Å²) in [5.74, 6) is -1.28. The number of benzene rings is 2. The number of hydrogen-bond donors (Lipinski definition) is 1. The number of nitrogens with one attached hydrogen (secondary N) is 1. The van der Waals surface area contributed by atoms with E-state index in [4.69, 9.17) is 0 Å². The number of nitrogens with zero attached hydrogens (tertiary/aromatic N) is 1. The van der Waals surface area contributed by atoms with Crippen LogP contribution in [0.4, 0.5) is 22.7 Å². The molecule has 0 aliphatic heterocycles. The maximum atomic E-state index is 13.6. The lowest BCUT2D eigenvalue weighted by atomic mass is 10.1. The van der Waals surface area contributed by atoms with Crippen molar-refractivity contribution < 1.29 is 22.4 Å². The molecule has 3 nitrogen and oxygen atoms in total. The van der Waals surface area contributed by atoms with Crippen LogP contribution in [-0.4, -0.2) is 10.9 Å². The molecule has 1 heterocycles. The number of anilines is 1. The first-order valence-corrected chi connectivity index (χ1v) is 8.31. The second-order valence-corrected chi connectivity index (χ2v) is 6.56. The van der Waals surface area contributed by atoms with E-state index in [1.165, 1.54) is 30.5 Å². The number of carbonyl (C=O) groups is 1. The summed E-state index contributed by atoms with van der Waals surface area (Å²) in [7, 11) is 0. The topological polar surface area (TPSA) is 42.0 Å². The fraction of sp³-hybridized carbons (Fsp3) is 0.111. The molecule has 0 saturated carbocycles. The molecule has 0 bridgehead atoms. The summed E-state index contributed by atoms with van der Waals surface area (Å²) in [5, 5.41) is 2.74. The first-order chi connectivity index (χ1) is 12.3. The second-order valence-electron chi connectivity index (χ2n) is 5.44. The van der Waals surface area contributed by atoms with Crippen LogP contribution in [0.3, 0.4) is 0 Å². The highest BCUT2D eigenvalue weighted by molar-refractivity contribution is 7.15. The fourth-order valence-corrected chi connectivity index (χ4v) is 3.16. The van der Waals surface area contributed by atoms with Crippen LogP contribution in [0.15, 0.2) is 54.7 Å². The van der Waals surface area contributed by atoms with Crippen LogP contribution in [0.1, 0.15) is 26.4 Å². The van der Waals surface area contributed by atoms with Gasteiger partial charge in [-0.05, 0) is 23.8 Å². The van der Waals surface area contributed by atoms with Crippen molar-refractivity contribution >= 4 is 22.4 Å². The van der Waals surface area contributed by atoms with Gasteiger partial charge in [0.2, 0.25) is 0 Å². The zero-order valence-electron chi connectivity index (χ0n) is 13.2. The number of thiazole rings is 1. The molecular weight excluding hydrogens is 368 g/mol. The summed E-state index contributed by atoms with van der Waals surface area (Å²) in [5.41, 5.74) is -0.342. The van der Waals surface area contributed by atoms with Crippen LogP contribution in [0.25, 0.3) is 0 Å². The number of hydrogen-bond acceptors (Lipinski definition) is 3. The zero-order chi connectivity index (χ0) is 18.7. The molecule has 0 aliphatic carbocycles. The molecule has 0 unspecified atom stereocenters. The van der Waals surface area contributed by atoms with Crippen LogP contribution in [0.2, 0.25) is 0 Å². The van der Waals surface area contributed by atoms with Gasteiger partial charge in [-0.25, -0.2) is 9.37 Å². The Morgan fingerprint density at radius 1 is 1.12 bits per heavy atom. The zero-order valence-corrected chi connectivity index (χ0v) is 14.0. The van der Waals surface area contributed by atoms with Gasteiger partial charge in [0, 0.05) is 17.5 Å². The standard InChI is InChI=1S/C18H12F4N2OS/c19-15-7-2-1-6-14(15)16(25)24-17-23-10-13(26-17)9-11-4-3-5-12(8-11)18(20,21)22/h1-8,10H,9H2,(H,23,24,25). The molecule has 0 atom stereocenters. The predicted octanol–water partition coefficient (Wildman–Crippen LogP) is 5.14. The van der Waals surface area contributed by atoms with Crippen molar-refractivity contribution in [2.24, 2.45) is 0 Å². The van der Waals surface area contributed by atoms with E-state index >= 15 is 0 Å². The molecule has 8 heteroatoms. The minimum Gasteiger partial charge on any atom is -0.298 e. The van der Waals surface area contributed by atoms with Gasteiger partial charge in [-0.2, -0.15) is 13.2 Å². The van der Waals surface area contributed by atoms with Crippen LogP contribution in [0.5, 0.6) is 0 Å². The van der Waals surface area contributed by atoms with Gasteiger partial charge in [-0.1, -0.05) is 30.3 Å². The van der Waals surface area contributed by atoms with Crippen molar-refractivity contribution in [2.45, 2.75) is 12.6 Å². The number of rotatable bonds is 4. The predicted molar refractivity (Wildman–Crippen MR) is 90.7 cm³/mol. The monoisotopic (exact) mass is 380 g/mol. The average molecular weight is 380 g/mol. The van der Waals surface area contributed by atoms with Crippen molar-refractivity contribution in [1.29, 1.82) is 0 Å². The molecule has 1 amide bonds. The molecule has 0 spiro atoms. The van der Waals surface area contributed by atoms with Crippen molar-refractivity contribution in [1.82, 2.24) is 4.98 Å². The Hall–Kier alpha value is -2.74. The van der Waals surface area contributed by atoms with Crippen molar-refractivity contribution in [3.8, 4) is 0 Å². The molecule has 0 fully saturated rings. The summed E-state index contributed by atoms with van der Waals surface area (Å²) < 4.78 is 51.9. The van der Waals surface area contributed by atoms with Crippen LogP contribution in [-0.2, 0) is 12.6 Å². The molecule has 26 heavy (non-hydrogen) atoms. The van der Waals surface area contributed by atoms with E-state index in [1.807, 2.05) is 0 Å². The van der Waals surface area contributed by atoms with E-state index in [0.29, 0.717) is 10.4 Å². The number of halogens is 4. The first kappa shape index (κ1) is 18.1. The van der Waals surface area contributed by atoms with Crippen LogP contribution >= 0.6 is 11.3 Å². The third kappa shape index (κ3) is 4.26. The third-order valence-electron chi connectivity index (χ3n) is 3.53. The Kier molecular flexibility index (Phi) is 5.03. The van der Waals surface area contributed by atoms with E-state index in [2.05, 4.69) is 10.3 Å². The van der Waals surface area contributed by atoms with E-state index in [-0.39, 0.29) is 17.1 Å². The molecule has 2 aromatic carbocycles. The van der Waals surface area contributed by atoms with Crippen LogP contribution < -0.4 is 5.32 Å². The highest BCUT2D eigenvalue weighted by Crippen LogP contribution is 2.30. The molecule has 3 aromatic rings. The molecule has 0 aliphatic rings. The number of alkyl halides is 3. The Morgan fingerprint density at radius 3 is 2.62 bits per heavy atom.